The molecule has 3 rings (SSSR count). The smallest absolute Gasteiger partial charge is 0.189 e. The number of fused-ring (bicyclic) bond motifs is 1. The number of phenolic OH excluding ortho intramolecular Hbond substituents is 1. The third-order valence-electron chi connectivity index (χ3n) is 3.06. The Hall–Kier alpha value is -2.42. The number of ketones is 1. The van der Waals surface area contributed by atoms with Gasteiger partial charge in [-0.05, 0) is 41.5 Å². The van der Waals surface area contributed by atoms with E-state index in [0.29, 0.717) is 12.0 Å². The molecule has 88 valence electrons. The second-order valence-electron chi connectivity index (χ2n) is 4.30. The fourth-order valence-electron chi connectivity index (χ4n) is 2.17. The van der Waals surface area contributed by atoms with Gasteiger partial charge < -0.3 is 5.11 Å². The molecule has 1 aliphatic carbocycles. The number of phenols is 1. The van der Waals surface area contributed by atoms with Gasteiger partial charge in [0, 0.05) is 30.0 Å². The van der Waals surface area contributed by atoms with E-state index < -0.39 is 0 Å². The van der Waals surface area contributed by atoms with E-state index in [1.165, 1.54) is 6.07 Å². The zero-order valence-electron chi connectivity index (χ0n) is 9.63. The first-order valence-corrected chi connectivity index (χ1v) is 5.71. The first-order chi connectivity index (χ1) is 8.74. The van der Waals surface area contributed by atoms with Crippen molar-refractivity contribution in [1.29, 1.82) is 0 Å². The quantitative estimate of drug-likeness (QED) is 0.775. The summed E-state index contributed by atoms with van der Waals surface area (Å²) in [6.07, 6.45) is 5.90. The van der Waals surface area contributed by atoms with Crippen molar-refractivity contribution in [1.82, 2.24) is 4.98 Å². The Morgan fingerprint density at radius 1 is 1.17 bits per heavy atom. The standard InChI is InChI=1S/C15H11NO2/c17-13-2-1-11-8-12(15(18)14(11)9-13)7-10-3-5-16-6-4-10/h1-7,9,17H,8H2. The number of rotatable bonds is 1. The first kappa shape index (κ1) is 10.7. The van der Waals surface area contributed by atoms with Crippen molar-refractivity contribution in [3.05, 3.63) is 65.0 Å². The minimum absolute atomic E-state index is 0.00212. The summed E-state index contributed by atoms with van der Waals surface area (Å²) in [6, 6.07) is 8.67. The molecule has 1 aromatic heterocycles. The number of carbonyl (C=O) groups is 1. The molecule has 18 heavy (non-hydrogen) atoms. The number of allylic oxidation sites excluding steroid dienone is 1. The molecular formula is C15H11NO2. The maximum absolute atomic E-state index is 12.2. The van der Waals surface area contributed by atoms with Crippen LogP contribution in [-0.2, 0) is 6.42 Å². The summed E-state index contributed by atoms with van der Waals surface area (Å²) in [5, 5.41) is 9.41. The number of aromatic nitrogens is 1. The van der Waals surface area contributed by atoms with Gasteiger partial charge >= 0.3 is 0 Å². The lowest BCUT2D eigenvalue weighted by Crippen LogP contribution is -1.95. The van der Waals surface area contributed by atoms with Gasteiger partial charge in [-0.25, -0.2) is 0 Å². The summed E-state index contributed by atoms with van der Waals surface area (Å²) < 4.78 is 0. The van der Waals surface area contributed by atoms with Crippen molar-refractivity contribution in [2.24, 2.45) is 0 Å². The third-order valence-corrected chi connectivity index (χ3v) is 3.06. The van der Waals surface area contributed by atoms with E-state index in [-0.39, 0.29) is 11.5 Å². The third kappa shape index (κ3) is 1.80. The van der Waals surface area contributed by atoms with Crippen LogP contribution in [0, 0.1) is 0 Å². The van der Waals surface area contributed by atoms with Gasteiger partial charge in [-0.3, -0.25) is 9.78 Å². The molecule has 0 saturated carbocycles. The summed E-state index contributed by atoms with van der Waals surface area (Å²) in [5.74, 6) is 0.130. The SMILES string of the molecule is O=C1C(=Cc2ccncc2)Cc2ccc(O)cc21. The zero-order valence-corrected chi connectivity index (χ0v) is 9.63. The van der Waals surface area contributed by atoms with Crippen LogP contribution >= 0.6 is 0 Å². The second kappa shape index (κ2) is 4.11. The van der Waals surface area contributed by atoms with Gasteiger partial charge in [0.15, 0.2) is 5.78 Å². The molecule has 3 nitrogen and oxygen atoms in total. The van der Waals surface area contributed by atoms with Gasteiger partial charge in [0.05, 0.1) is 0 Å². The molecule has 0 aliphatic heterocycles. The average molecular weight is 237 g/mol. The van der Waals surface area contributed by atoms with Gasteiger partial charge in [0.25, 0.3) is 0 Å². The van der Waals surface area contributed by atoms with Gasteiger partial charge in [0.2, 0.25) is 0 Å². The molecule has 0 fully saturated rings. The molecular weight excluding hydrogens is 226 g/mol. The highest BCUT2D eigenvalue weighted by molar-refractivity contribution is 6.15. The lowest BCUT2D eigenvalue weighted by molar-refractivity contribution is 0.104. The molecule has 1 heterocycles. The van der Waals surface area contributed by atoms with E-state index in [4.69, 9.17) is 0 Å². The molecule has 0 atom stereocenters. The maximum atomic E-state index is 12.2. The summed E-state index contributed by atoms with van der Waals surface area (Å²) in [5.41, 5.74) is 3.29. The lowest BCUT2D eigenvalue weighted by Gasteiger charge is -1.96. The molecule has 0 amide bonds. The number of Topliss-reactive ketones (excluding diaryl/α,β-unsaturated/α-hetero) is 1. The molecule has 0 saturated heterocycles. The largest absolute Gasteiger partial charge is 0.508 e. The van der Waals surface area contributed by atoms with Crippen LogP contribution < -0.4 is 0 Å². The molecule has 2 aromatic rings. The van der Waals surface area contributed by atoms with Crippen molar-refractivity contribution in [2.45, 2.75) is 6.42 Å². The molecule has 0 radical (unpaired) electrons. The summed E-state index contributed by atoms with van der Waals surface area (Å²) >= 11 is 0. The number of benzene rings is 1. The second-order valence-corrected chi connectivity index (χ2v) is 4.30. The van der Waals surface area contributed by atoms with Gasteiger partial charge in [-0.2, -0.15) is 0 Å². The fourth-order valence-corrected chi connectivity index (χ4v) is 2.17. The number of hydrogen-bond donors (Lipinski definition) is 1. The Morgan fingerprint density at radius 2 is 1.94 bits per heavy atom. The van der Waals surface area contributed by atoms with E-state index in [9.17, 15) is 9.90 Å². The van der Waals surface area contributed by atoms with Gasteiger partial charge in [-0.1, -0.05) is 6.07 Å². The maximum Gasteiger partial charge on any atom is 0.189 e. The highest BCUT2D eigenvalue weighted by Gasteiger charge is 2.24. The minimum atomic E-state index is -0.00212. The monoisotopic (exact) mass is 237 g/mol. The lowest BCUT2D eigenvalue weighted by atomic mass is 10.1. The van der Waals surface area contributed by atoms with Gasteiger partial charge in [0.1, 0.15) is 5.75 Å². The van der Waals surface area contributed by atoms with Crippen LogP contribution in [0.2, 0.25) is 0 Å². The van der Waals surface area contributed by atoms with Crippen LogP contribution in [0.15, 0.2) is 48.3 Å². The predicted octanol–water partition coefficient (Wildman–Crippen LogP) is 2.61. The van der Waals surface area contributed by atoms with E-state index in [2.05, 4.69) is 4.98 Å². The van der Waals surface area contributed by atoms with Crippen LogP contribution in [0.4, 0.5) is 0 Å². The van der Waals surface area contributed by atoms with Crippen LogP contribution in [0.1, 0.15) is 21.5 Å². The number of aromatic hydroxyl groups is 1. The topological polar surface area (TPSA) is 50.2 Å². The number of carbonyl (C=O) groups excluding carboxylic acids is 1. The van der Waals surface area contributed by atoms with Crippen LogP contribution in [-0.4, -0.2) is 15.9 Å². The molecule has 0 unspecified atom stereocenters. The molecule has 1 aliphatic rings. The predicted molar refractivity (Wildman–Crippen MR) is 68.4 cm³/mol. The van der Waals surface area contributed by atoms with E-state index >= 15 is 0 Å². The van der Waals surface area contributed by atoms with Crippen molar-refractivity contribution < 1.29 is 9.90 Å². The Bertz CT molecular complexity index is 645. The first-order valence-electron chi connectivity index (χ1n) is 5.71. The number of pyridine rings is 1. The zero-order chi connectivity index (χ0) is 12.5. The molecule has 3 heteroatoms. The van der Waals surface area contributed by atoms with Crippen molar-refractivity contribution in [3.8, 4) is 5.75 Å². The molecule has 1 N–H and O–H groups in total. The Morgan fingerprint density at radius 3 is 2.72 bits per heavy atom. The number of hydrogen-bond acceptors (Lipinski definition) is 3. The van der Waals surface area contributed by atoms with E-state index in [1.807, 2.05) is 18.2 Å². The Kier molecular flexibility index (Phi) is 2.45. The minimum Gasteiger partial charge on any atom is -0.508 e. The van der Waals surface area contributed by atoms with E-state index in [0.717, 1.165) is 16.7 Å². The molecule has 0 bridgehead atoms. The van der Waals surface area contributed by atoms with Crippen LogP contribution in [0.25, 0.3) is 6.08 Å². The summed E-state index contributed by atoms with van der Waals surface area (Å²) in [7, 11) is 0. The van der Waals surface area contributed by atoms with Crippen molar-refractivity contribution in [2.75, 3.05) is 0 Å². The highest BCUT2D eigenvalue weighted by Crippen LogP contribution is 2.30. The fraction of sp³-hybridized carbons (Fsp3) is 0.0667. The van der Waals surface area contributed by atoms with Crippen LogP contribution in [0.3, 0.4) is 0 Å². The van der Waals surface area contributed by atoms with Crippen molar-refractivity contribution >= 4 is 11.9 Å². The van der Waals surface area contributed by atoms with Crippen molar-refractivity contribution in [3.63, 3.8) is 0 Å². The normalized spacial score (nSPS) is 16.0. The Labute approximate surface area is 104 Å². The van der Waals surface area contributed by atoms with E-state index in [1.54, 1.807) is 24.5 Å². The number of nitrogens with zero attached hydrogens (tertiary/aromatic N) is 1. The van der Waals surface area contributed by atoms with Crippen LogP contribution in [0.5, 0.6) is 5.75 Å². The van der Waals surface area contributed by atoms with Gasteiger partial charge in [-0.15, -0.1) is 0 Å². The average Bonchev–Trinajstić information content (AvgIpc) is 2.68. The summed E-state index contributed by atoms with van der Waals surface area (Å²) in [6.45, 7) is 0. The molecule has 1 aromatic carbocycles. The highest BCUT2D eigenvalue weighted by atomic mass is 16.3. The molecule has 0 spiro atoms. The summed E-state index contributed by atoms with van der Waals surface area (Å²) in [4.78, 5) is 16.1. The Balaban J connectivity index is 2.00.